The zero-order valence-corrected chi connectivity index (χ0v) is 14.0. The summed E-state index contributed by atoms with van der Waals surface area (Å²) in [4.78, 5) is 8.91. The molecular weight excluding hydrogens is 305 g/mol. The second-order valence-electron chi connectivity index (χ2n) is 5.72. The molecule has 0 spiro atoms. The molecule has 0 aliphatic heterocycles. The second kappa shape index (κ2) is 6.78. The largest absolute Gasteiger partial charge is 0.347 e. The normalized spacial score (nSPS) is 12.2. The van der Waals surface area contributed by atoms with E-state index in [0.29, 0.717) is 5.95 Å². The van der Waals surface area contributed by atoms with Crippen molar-refractivity contribution in [2.75, 3.05) is 5.32 Å². The zero-order chi connectivity index (χ0) is 17.1. The van der Waals surface area contributed by atoms with Crippen LogP contribution in [0.3, 0.4) is 0 Å². The van der Waals surface area contributed by atoms with Gasteiger partial charge in [-0.1, -0.05) is 19.1 Å². The molecule has 0 saturated heterocycles. The molecule has 2 heterocycles. The first-order chi connectivity index (χ1) is 11.6. The van der Waals surface area contributed by atoms with Gasteiger partial charge in [-0.25, -0.2) is 14.4 Å². The van der Waals surface area contributed by atoms with Crippen LogP contribution >= 0.6 is 0 Å². The molecule has 3 rings (SSSR count). The van der Waals surface area contributed by atoms with Gasteiger partial charge >= 0.3 is 0 Å². The second-order valence-corrected chi connectivity index (χ2v) is 5.72. The molecule has 0 amide bonds. The maximum Gasteiger partial charge on any atom is 0.223 e. The number of hydrogen-bond acceptors (Lipinski definition) is 4. The summed E-state index contributed by atoms with van der Waals surface area (Å²) in [6.45, 7) is 4.02. The number of hydrogen-bond donors (Lipinski definition) is 1. The Morgan fingerprint density at radius 1 is 1.21 bits per heavy atom. The van der Waals surface area contributed by atoms with Crippen molar-refractivity contribution in [3.8, 4) is 11.3 Å². The third-order valence-electron chi connectivity index (χ3n) is 3.93. The lowest BCUT2D eigenvalue weighted by Crippen LogP contribution is -2.12. The van der Waals surface area contributed by atoms with E-state index in [2.05, 4.69) is 27.3 Å². The molecule has 0 radical (unpaired) electrons. The number of nitrogens with one attached hydrogen (secondary N) is 1. The van der Waals surface area contributed by atoms with Gasteiger partial charge in [0.05, 0.1) is 17.4 Å². The van der Waals surface area contributed by atoms with Crippen molar-refractivity contribution < 1.29 is 4.39 Å². The summed E-state index contributed by atoms with van der Waals surface area (Å²) in [6.07, 6.45) is 4.51. The molecule has 1 aromatic carbocycles. The first-order valence-electron chi connectivity index (χ1n) is 7.92. The van der Waals surface area contributed by atoms with Crippen molar-refractivity contribution in [1.82, 2.24) is 19.7 Å². The molecule has 3 aromatic rings. The number of aryl methyl sites for hydroxylation is 2. The van der Waals surface area contributed by atoms with Crippen LogP contribution in [0.15, 0.2) is 42.7 Å². The number of aromatic nitrogens is 4. The van der Waals surface area contributed by atoms with Crippen LogP contribution in [-0.2, 0) is 7.05 Å². The Morgan fingerprint density at radius 2 is 1.96 bits per heavy atom. The minimum atomic E-state index is -0.237. The van der Waals surface area contributed by atoms with E-state index in [1.54, 1.807) is 23.0 Å². The van der Waals surface area contributed by atoms with E-state index in [-0.39, 0.29) is 11.9 Å². The molecule has 0 fully saturated rings. The molecule has 2 aromatic heterocycles. The molecule has 1 N–H and O–H groups in total. The number of benzene rings is 1. The lowest BCUT2D eigenvalue weighted by Gasteiger charge is -2.17. The van der Waals surface area contributed by atoms with Gasteiger partial charge in [-0.2, -0.15) is 5.10 Å². The van der Waals surface area contributed by atoms with E-state index in [4.69, 9.17) is 0 Å². The summed E-state index contributed by atoms with van der Waals surface area (Å²) in [5.74, 6) is 0.311. The van der Waals surface area contributed by atoms with Gasteiger partial charge in [-0.3, -0.25) is 4.68 Å². The van der Waals surface area contributed by atoms with E-state index in [0.717, 1.165) is 28.9 Å². The molecule has 0 unspecified atom stereocenters. The van der Waals surface area contributed by atoms with Gasteiger partial charge < -0.3 is 5.32 Å². The summed E-state index contributed by atoms with van der Waals surface area (Å²) < 4.78 is 14.9. The van der Waals surface area contributed by atoms with Gasteiger partial charge in [0.2, 0.25) is 5.95 Å². The van der Waals surface area contributed by atoms with E-state index < -0.39 is 0 Å². The fraction of sp³-hybridized carbons (Fsp3) is 0.278. The van der Waals surface area contributed by atoms with Crippen molar-refractivity contribution in [3.05, 3.63) is 59.8 Å². The average Bonchev–Trinajstić information content (AvgIpc) is 2.92. The molecule has 0 aliphatic carbocycles. The Kier molecular flexibility index (Phi) is 4.55. The quantitative estimate of drug-likeness (QED) is 0.773. The summed E-state index contributed by atoms with van der Waals surface area (Å²) in [5.41, 5.74) is 3.74. The molecule has 1 atom stereocenters. The Labute approximate surface area is 140 Å². The monoisotopic (exact) mass is 325 g/mol. The molecule has 5 nitrogen and oxygen atoms in total. The third kappa shape index (κ3) is 3.42. The molecule has 0 bridgehead atoms. The highest BCUT2D eigenvalue weighted by Crippen LogP contribution is 2.24. The number of anilines is 1. The predicted molar refractivity (Wildman–Crippen MR) is 92.0 cm³/mol. The van der Waals surface area contributed by atoms with Crippen LogP contribution in [0, 0.1) is 12.7 Å². The predicted octanol–water partition coefficient (Wildman–Crippen LogP) is 3.89. The molecular formula is C18H20FN5. The Morgan fingerprint density at radius 3 is 2.58 bits per heavy atom. The van der Waals surface area contributed by atoms with Gasteiger partial charge in [0.1, 0.15) is 5.82 Å². The molecule has 124 valence electrons. The van der Waals surface area contributed by atoms with Crippen LogP contribution in [0.4, 0.5) is 10.3 Å². The first-order valence-corrected chi connectivity index (χ1v) is 7.92. The minimum absolute atomic E-state index is 0.0239. The van der Waals surface area contributed by atoms with Crippen molar-refractivity contribution in [2.24, 2.45) is 7.05 Å². The standard InChI is InChI=1S/C18H20FN5/c1-4-16(13-5-7-14(19)8-6-13)21-18-20-10-9-17(22-18)15-11-24(3)23-12(15)2/h5-11,16H,4H2,1-3H3,(H,20,21,22)/t16-/m1/s1. The SMILES string of the molecule is CC[C@@H](Nc1nccc(-c2cn(C)nc2C)n1)c1ccc(F)cc1. The summed E-state index contributed by atoms with van der Waals surface area (Å²) in [5, 5.41) is 7.68. The fourth-order valence-corrected chi connectivity index (χ4v) is 2.70. The topological polar surface area (TPSA) is 55.6 Å². The minimum Gasteiger partial charge on any atom is -0.347 e. The van der Waals surface area contributed by atoms with E-state index >= 15 is 0 Å². The van der Waals surface area contributed by atoms with E-state index in [9.17, 15) is 4.39 Å². The van der Waals surface area contributed by atoms with Crippen molar-refractivity contribution in [1.29, 1.82) is 0 Å². The fourth-order valence-electron chi connectivity index (χ4n) is 2.70. The van der Waals surface area contributed by atoms with Crippen molar-refractivity contribution >= 4 is 5.95 Å². The van der Waals surface area contributed by atoms with Crippen LogP contribution in [0.1, 0.15) is 30.6 Å². The highest BCUT2D eigenvalue weighted by molar-refractivity contribution is 5.61. The Balaban J connectivity index is 1.85. The van der Waals surface area contributed by atoms with Crippen LogP contribution in [0.2, 0.25) is 0 Å². The lowest BCUT2D eigenvalue weighted by atomic mass is 10.0. The first kappa shape index (κ1) is 16.1. The number of halogens is 1. The number of nitrogens with zero attached hydrogens (tertiary/aromatic N) is 4. The van der Waals surface area contributed by atoms with Gasteiger partial charge in [0.25, 0.3) is 0 Å². The average molecular weight is 325 g/mol. The molecule has 6 heteroatoms. The molecule has 24 heavy (non-hydrogen) atoms. The van der Waals surface area contributed by atoms with Crippen LogP contribution in [-0.4, -0.2) is 19.7 Å². The smallest absolute Gasteiger partial charge is 0.223 e. The van der Waals surface area contributed by atoms with Gasteiger partial charge in [-0.15, -0.1) is 0 Å². The van der Waals surface area contributed by atoms with Crippen molar-refractivity contribution in [3.63, 3.8) is 0 Å². The van der Waals surface area contributed by atoms with Gasteiger partial charge in [0, 0.05) is 25.0 Å². The summed E-state index contributed by atoms with van der Waals surface area (Å²) in [7, 11) is 1.89. The Hall–Kier alpha value is -2.76. The van der Waals surface area contributed by atoms with E-state index in [1.807, 2.05) is 26.2 Å². The summed E-state index contributed by atoms with van der Waals surface area (Å²) >= 11 is 0. The van der Waals surface area contributed by atoms with E-state index in [1.165, 1.54) is 12.1 Å². The van der Waals surface area contributed by atoms with Crippen molar-refractivity contribution in [2.45, 2.75) is 26.3 Å². The highest BCUT2D eigenvalue weighted by atomic mass is 19.1. The highest BCUT2D eigenvalue weighted by Gasteiger charge is 2.13. The van der Waals surface area contributed by atoms with Crippen LogP contribution < -0.4 is 5.32 Å². The zero-order valence-electron chi connectivity index (χ0n) is 14.0. The van der Waals surface area contributed by atoms with Gasteiger partial charge in [0.15, 0.2) is 0 Å². The lowest BCUT2D eigenvalue weighted by molar-refractivity contribution is 0.625. The Bertz CT molecular complexity index is 826. The van der Waals surface area contributed by atoms with Crippen LogP contribution in [0.25, 0.3) is 11.3 Å². The molecule has 0 aliphatic rings. The maximum absolute atomic E-state index is 13.1. The van der Waals surface area contributed by atoms with Crippen LogP contribution in [0.5, 0.6) is 0 Å². The molecule has 0 saturated carbocycles. The third-order valence-corrected chi connectivity index (χ3v) is 3.93. The summed E-state index contributed by atoms with van der Waals surface area (Å²) in [6, 6.07) is 8.40. The number of rotatable bonds is 5. The maximum atomic E-state index is 13.1. The van der Waals surface area contributed by atoms with Gasteiger partial charge in [-0.05, 0) is 37.1 Å².